The molecule has 0 aromatic heterocycles. The van der Waals surface area contributed by atoms with Crippen LogP contribution in [0, 0.1) is 17.8 Å². The second-order valence-corrected chi connectivity index (χ2v) is 5.40. The monoisotopic (exact) mass is 211 g/mol. The van der Waals surface area contributed by atoms with Crippen LogP contribution in [-0.2, 0) is 0 Å². The Kier molecular flexibility index (Phi) is 6.31. The molecule has 0 saturated heterocycles. The normalized spacial score (nSPS) is 23.4. The van der Waals surface area contributed by atoms with Crippen molar-refractivity contribution in [1.82, 2.24) is 5.32 Å². The van der Waals surface area contributed by atoms with E-state index < -0.39 is 0 Å². The molecule has 0 aliphatic heterocycles. The van der Waals surface area contributed by atoms with Crippen LogP contribution in [-0.4, -0.2) is 13.1 Å². The van der Waals surface area contributed by atoms with Crippen molar-refractivity contribution in [3.63, 3.8) is 0 Å². The summed E-state index contributed by atoms with van der Waals surface area (Å²) in [5, 5.41) is 3.48. The van der Waals surface area contributed by atoms with Gasteiger partial charge in [0, 0.05) is 0 Å². The van der Waals surface area contributed by atoms with Crippen molar-refractivity contribution in [2.75, 3.05) is 13.1 Å². The largest absolute Gasteiger partial charge is 0.317 e. The SMILES string of the molecule is CCNCC(C)C(C)C1CCCCCC1. The Morgan fingerprint density at radius 1 is 1.07 bits per heavy atom. The smallest absolute Gasteiger partial charge is 0.00206 e. The summed E-state index contributed by atoms with van der Waals surface area (Å²) < 4.78 is 0. The molecule has 2 atom stereocenters. The summed E-state index contributed by atoms with van der Waals surface area (Å²) in [6, 6.07) is 0. The molecule has 90 valence electrons. The van der Waals surface area contributed by atoms with Gasteiger partial charge >= 0.3 is 0 Å². The van der Waals surface area contributed by atoms with E-state index in [0.717, 1.165) is 24.3 Å². The molecule has 1 N–H and O–H groups in total. The van der Waals surface area contributed by atoms with Gasteiger partial charge in [0.05, 0.1) is 0 Å². The fraction of sp³-hybridized carbons (Fsp3) is 1.00. The number of nitrogens with one attached hydrogen (secondary N) is 1. The molecule has 0 spiro atoms. The minimum Gasteiger partial charge on any atom is -0.317 e. The molecule has 0 aromatic carbocycles. The van der Waals surface area contributed by atoms with E-state index in [-0.39, 0.29) is 0 Å². The van der Waals surface area contributed by atoms with E-state index in [4.69, 9.17) is 0 Å². The van der Waals surface area contributed by atoms with Gasteiger partial charge in [-0.15, -0.1) is 0 Å². The summed E-state index contributed by atoms with van der Waals surface area (Å²) in [6.07, 6.45) is 8.87. The van der Waals surface area contributed by atoms with Crippen molar-refractivity contribution < 1.29 is 0 Å². The highest BCUT2D eigenvalue weighted by Gasteiger charge is 2.23. The minimum absolute atomic E-state index is 0.841. The molecule has 2 unspecified atom stereocenters. The second kappa shape index (κ2) is 7.27. The molecular formula is C14H29N. The van der Waals surface area contributed by atoms with Gasteiger partial charge in [0.25, 0.3) is 0 Å². The zero-order valence-electron chi connectivity index (χ0n) is 10.9. The molecule has 1 saturated carbocycles. The lowest BCUT2D eigenvalue weighted by Crippen LogP contribution is -2.28. The van der Waals surface area contributed by atoms with Crippen molar-refractivity contribution in [3.05, 3.63) is 0 Å². The van der Waals surface area contributed by atoms with Crippen molar-refractivity contribution in [2.45, 2.75) is 59.3 Å². The van der Waals surface area contributed by atoms with Gasteiger partial charge in [0.15, 0.2) is 0 Å². The van der Waals surface area contributed by atoms with Crippen LogP contribution < -0.4 is 5.32 Å². The zero-order chi connectivity index (χ0) is 11.1. The first-order chi connectivity index (χ1) is 7.25. The van der Waals surface area contributed by atoms with Crippen molar-refractivity contribution in [3.8, 4) is 0 Å². The summed E-state index contributed by atoms with van der Waals surface area (Å²) in [7, 11) is 0. The average Bonchev–Trinajstić information content (AvgIpc) is 2.53. The lowest BCUT2D eigenvalue weighted by Gasteiger charge is -2.28. The van der Waals surface area contributed by atoms with Crippen LogP contribution in [0.3, 0.4) is 0 Å². The topological polar surface area (TPSA) is 12.0 Å². The molecule has 1 fully saturated rings. The lowest BCUT2D eigenvalue weighted by molar-refractivity contribution is 0.233. The van der Waals surface area contributed by atoms with Gasteiger partial charge in [-0.3, -0.25) is 0 Å². The van der Waals surface area contributed by atoms with Gasteiger partial charge in [-0.05, 0) is 30.8 Å². The molecule has 1 nitrogen and oxygen atoms in total. The Morgan fingerprint density at radius 3 is 2.20 bits per heavy atom. The summed E-state index contributed by atoms with van der Waals surface area (Å²) in [4.78, 5) is 0. The first-order valence-corrected chi connectivity index (χ1v) is 6.96. The number of hydrogen-bond acceptors (Lipinski definition) is 1. The van der Waals surface area contributed by atoms with Crippen molar-refractivity contribution >= 4 is 0 Å². The predicted molar refractivity (Wildman–Crippen MR) is 68.1 cm³/mol. The first kappa shape index (κ1) is 13.0. The molecule has 1 aliphatic rings. The van der Waals surface area contributed by atoms with E-state index in [2.05, 4.69) is 26.1 Å². The third-order valence-corrected chi connectivity index (χ3v) is 4.26. The van der Waals surface area contributed by atoms with Crippen LogP contribution >= 0.6 is 0 Å². The van der Waals surface area contributed by atoms with Crippen LogP contribution in [0.2, 0.25) is 0 Å². The maximum Gasteiger partial charge on any atom is -0.00206 e. The molecule has 0 bridgehead atoms. The van der Waals surface area contributed by atoms with Crippen LogP contribution in [0.1, 0.15) is 59.3 Å². The molecular weight excluding hydrogens is 182 g/mol. The zero-order valence-corrected chi connectivity index (χ0v) is 10.9. The van der Waals surface area contributed by atoms with E-state index in [0.29, 0.717) is 0 Å². The molecule has 1 aliphatic carbocycles. The van der Waals surface area contributed by atoms with Gasteiger partial charge in [0.1, 0.15) is 0 Å². The van der Waals surface area contributed by atoms with Crippen LogP contribution in [0.15, 0.2) is 0 Å². The lowest BCUT2D eigenvalue weighted by atomic mass is 9.80. The summed E-state index contributed by atoms with van der Waals surface area (Å²) in [5.41, 5.74) is 0. The Labute approximate surface area is 96.0 Å². The highest BCUT2D eigenvalue weighted by molar-refractivity contribution is 4.75. The molecule has 0 radical (unpaired) electrons. The molecule has 15 heavy (non-hydrogen) atoms. The van der Waals surface area contributed by atoms with Crippen LogP contribution in [0.5, 0.6) is 0 Å². The Morgan fingerprint density at radius 2 is 1.67 bits per heavy atom. The van der Waals surface area contributed by atoms with E-state index >= 15 is 0 Å². The van der Waals surface area contributed by atoms with Gasteiger partial charge in [-0.2, -0.15) is 0 Å². The molecule has 0 aromatic rings. The quantitative estimate of drug-likeness (QED) is 0.681. The molecule has 0 amide bonds. The molecule has 1 rings (SSSR count). The van der Waals surface area contributed by atoms with E-state index in [9.17, 15) is 0 Å². The number of rotatable bonds is 5. The summed E-state index contributed by atoms with van der Waals surface area (Å²) >= 11 is 0. The Bertz CT molecular complexity index is 147. The van der Waals surface area contributed by atoms with Crippen LogP contribution in [0.25, 0.3) is 0 Å². The third-order valence-electron chi connectivity index (χ3n) is 4.26. The van der Waals surface area contributed by atoms with Gasteiger partial charge in [0.2, 0.25) is 0 Å². The highest BCUT2D eigenvalue weighted by atomic mass is 14.8. The maximum atomic E-state index is 3.48. The van der Waals surface area contributed by atoms with Gasteiger partial charge in [-0.25, -0.2) is 0 Å². The first-order valence-electron chi connectivity index (χ1n) is 6.96. The van der Waals surface area contributed by atoms with Crippen molar-refractivity contribution in [2.24, 2.45) is 17.8 Å². The van der Waals surface area contributed by atoms with E-state index in [1.54, 1.807) is 0 Å². The van der Waals surface area contributed by atoms with Crippen molar-refractivity contribution in [1.29, 1.82) is 0 Å². The fourth-order valence-electron chi connectivity index (χ4n) is 2.86. The third kappa shape index (κ3) is 4.55. The fourth-order valence-corrected chi connectivity index (χ4v) is 2.86. The Hall–Kier alpha value is -0.0400. The van der Waals surface area contributed by atoms with Gasteiger partial charge in [-0.1, -0.05) is 59.3 Å². The predicted octanol–water partition coefficient (Wildman–Crippen LogP) is 3.84. The average molecular weight is 211 g/mol. The number of hydrogen-bond donors (Lipinski definition) is 1. The molecule has 1 heteroatoms. The second-order valence-electron chi connectivity index (χ2n) is 5.40. The van der Waals surface area contributed by atoms with E-state index in [1.807, 2.05) is 0 Å². The maximum absolute atomic E-state index is 3.48. The minimum atomic E-state index is 0.841. The molecule has 0 heterocycles. The van der Waals surface area contributed by atoms with E-state index in [1.165, 1.54) is 45.1 Å². The highest BCUT2D eigenvalue weighted by Crippen LogP contribution is 2.32. The summed E-state index contributed by atoms with van der Waals surface area (Å²) in [5.74, 6) is 2.75. The standard InChI is InChI=1S/C14H29N/c1-4-15-11-12(2)13(3)14-9-7-5-6-8-10-14/h12-15H,4-11H2,1-3H3. The van der Waals surface area contributed by atoms with Crippen LogP contribution in [0.4, 0.5) is 0 Å². The Balaban J connectivity index is 2.32. The van der Waals surface area contributed by atoms with Gasteiger partial charge < -0.3 is 5.32 Å². The summed E-state index contributed by atoms with van der Waals surface area (Å²) in [6.45, 7) is 9.40.